The largest absolute Gasteiger partial charge is 0.457 e. The summed E-state index contributed by atoms with van der Waals surface area (Å²) < 4.78 is 5.84. The van der Waals surface area contributed by atoms with Crippen LogP contribution in [0.3, 0.4) is 0 Å². The van der Waals surface area contributed by atoms with Crippen LogP contribution in [0.2, 0.25) is 0 Å². The molecule has 0 N–H and O–H groups in total. The van der Waals surface area contributed by atoms with E-state index in [1.165, 1.54) is 4.90 Å². The summed E-state index contributed by atoms with van der Waals surface area (Å²) in [5, 5.41) is 1.55. The first-order valence-electron chi connectivity index (χ1n) is 11.6. The number of carbonyl (C=O) groups excluding carboxylic acids is 3. The Labute approximate surface area is 203 Å². The van der Waals surface area contributed by atoms with Crippen LogP contribution in [-0.2, 0) is 4.79 Å². The molecule has 4 aromatic rings. The van der Waals surface area contributed by atoms with E-state index in [1.54, 1.807) is 36.1 Å². The van der Waals surface area contributed by atoms with Gasteiger partial charge < -0.3 is 9.64 Å². The zero-order chi connectivity index (χ0) is 24.4. The van der Waals surface area contributed by atoms with Crippen LogP contribution in [-0.4, -0.2) is 35.7 Å². The molecule has 0 aliphatic carbocycles. The molecule has 1 aliphatic heterocycles. The monoisotopic (exact) mass is 464 g/mol. The van der Waals surface area contributed by atoms with Crippen LogP contribution in [0.4, 0.5) is 5.69 Å². The molecule has 5 rings (SSSR count). The van der Waals surface area contributed by atoms with E-state index < -0.39 is 0 Å². The highest BCUT2D eigenvalue weighted by Gasteiger charge is 2.33. The van der Waals surface area contributed by atoms with Crippen molar-refractivity contribution in [2.45, 2.75) is 13.3 Å². The topological polar surface area (TPSA) is 66.9 Å². The summed E-state index contributed by atoms with van der Waals surface area (Å²) >= 11 is 0. The van der Waals surface area contributed by atoms with E-state index in [0.717, 1.165) is 11.1 Å². The SMILES string of the molecule is CCC(=O)N(CCN1C(=O)c2cccc3cccc(c23)C1=O)c1ccc(Oc2ccccc2)cc1. The average molecular weight is 465 g/mol. The lowest BCUT2D eigenvalue weighted by molar-refractivity contribution is -0.118. The van der Waals surface area contributed by atoms with Gasteiger partial charge in [0.1, 0.15) is 11.5 Å². The van der Waals surface area contributed by atoms with Gasteiger partial charge in [0, 0.05) is 41.7 Å². The molecule has 0 spiro atoms. The van der Waals surface area contributed by atoms with Gasteiger partial charge in [0.25, 0.3) is 11.8 Å². The maximum atomic E-state index is 13.2. The molecule has 6 heteroatoms. The number of para-hydroxylation sites is 1. The van der Waals surface area contributed by atoms with Gasteiger partial charge in [-0.05, 0) is 53.9 Å². The summed E-state index contributed by atoms with van der Waals surface area (Å²) in [6.07, 6.45) is 0.298. The van der Waals surface area contributed by atoms with Gasteiger partial charge in [-0.3, -0.25) is 19.3 Å². The summed E-state index contributed by atoms with van der Waals surface area (Å²) in [6, 6.07) is 27.6. The van der Waals surface area contributed by atoms with Gasteiger partial charge in [-0.15, -0.1) is 0 Å². The van der Waals surface area contributed by atoms with Crippen molar-refractivity contribution < 1.29 is 19.1 Å². The van der Waals surface area contributed by atoms with E-state index in [-0.39, 0.29) is 30.8 Å². The molecule has 0 saturated heterocycles. The maximum Gasteiger partial charge on any atom is 0.261 e. The van der Waals surface area contributed by atoms with Gasteiger partial charge in [-0.2, -0.15) is 0 Å². The van der Waals surface area contributed by atoms with Crippen molar-refractivity contribution in [2.75, 3.05) is 18.0 Å². The van der Waals surface area contributed by atoms with Crippen LogP contribution in [0.25, 0.3) is 10.8 Å². The van der Waals surface area contributed by atoms with Crippen molar-refractivity contribution in [3.63, 3.8) is 0 Å². The molecule has 0 radical (unpaired) electrons. The minimum Gasteiger partial charge on any atom is -0.457 e. The number of hydrogen-bond donors (Lipinski definition) is 0. The van der Waals surface area contributed by atoms with Gasteiger partial charge in [0.05, 0.1) is 0 Å². The predicted octanol–water partition coefficient (Wildman–Crippen LogP) is 5.67. The van der Waals surface area contributed by atoms with Gasteiger partial charge in [-0.25, -0.2) is 0 Å². The third kappa shape index (κ3) is 4.26. The fourth-order valence-electron chi connectivity index (χ4n) is 4.39. The zero-order valence-electron chi connectivity index (χ0n) is 19.3. The molecular formula is C29H24N2O4. The van der Waals surface area contributed by atoms with Crippen LogP contribution in [0.1, 0.15) is 34.1 Å². The Morgan fingerprint density at radius 1 is 0.771 bits per heavy atom. The lowest BCUT2D eigenvalue weighted by atomic mass is 9.94. The van der Waals surface area contributed by atoms with Gasteiger partial charge in [0.15, 0.2) is 0 Å². The molecule has 0 saturated carbocycles. The van der Waals surface area contributed by atoms with E-state index >= 15 is 0 Å². The first kappa shape index (κ1) is 22.3. The molecule has 0 fully saturated rings. The second-order valence-corrected chi connectivity index (χ2v) is 8.28. The van der Waals surface area contributed by atoms with E-state index in [4.69, 9.17) is 4.74 Å². The molecule has 0 atom stereocenters. The standard InChI is InChI=1S/C29H24N2O4/c1-2-26(32)30(21-14-16-23(17-15-21)35-22-10-4-3-5-11-22)18-19-31-28(33)24-12-6-8-20-9-7-13-25(27(20)24)29(31)34/h3-17H,2,18-19H2,1H3. The van der Waals surface area contributed by atoms with Crippen LogP contribution in [0, 0.1) is 0 Å². The highest BCUT2D eigenvalue weighted by atomic mass is 16.5. The number of imide groups is 1. The zero-order valence-corrected chi connectivity index (χ0v) is 19.3. The number of hydrogen-bond acceptors (Lipinski definition) is 4. The minimum atomic E-state index is -0.338. The normalized spacial score (nSPS) is 12.7. The van der Waals surface area contributed by atoms with Gasteiger partial charge >= 0.3 is 0 Å². The van der Waals surface area contributed by atoms with Gasteiger partial charge in [0.2, 0.25) is 5.91 Å². The molecule has 0 bridgehead atoms. The van der Waals surface area contributed by atoms with Gasteiger partial charge in [-0.1, -0.05) is 49.4 Å². The van der Waals surface area contributed by atoms with Crippen molar-refractivity contribution in [1.29, 1.82) is 0 Å². The number of carbonyl (C=O) groups is 3. The van der Waals surface area contributed by atoms with E-state index in [0.29, 0.717) is 34.4 Å². The molecule has 1 heterocycles. The smallest absolute Gasteiger partial charge is 0.261 e. The number of benzene rings is 4. The van der Waals surface area contributed by atoms with Crippen LogP contribution in [0.15, 0.2) is 91.0 Å². The third-order valence-electron chi connectivity index (χ3n) is 6.13. The highest BCUT2D eigenvalue weighted by molar-refractivity contribution is 6.25. The first-order valence-corrected chi connectivity index (χ1v) is 11.6. The Morgan fingerprint density at radius 2 is 1.37 bits per heavy atom. The second kappa shape index (κ2) is 9.43. The lowest BCUT2D eigenvalue weighted by Gasteiger charge is -2.30. The molecule has 1 aliphatic rings. The molecule has 3 amide bonds. The first-order chi connectivity index (χ1) is 17.1. The van der Waals surface area contributed by atoms with Crippen LogP contribution in [0.5, 0.6) is 11.5 Å². The maximum absolute atomic E-state index is 13.2. The van der Waals surface area contributed by atoms with Crippen LogP contribution >= 0.6 is 0 Å². The Balaban J connectivity index is 1.36. The Kier molecular flexibility index (Phi) is 6.02. The summed E-state index contributed by atoms with van der Waals surface area (Å²) in [7, 11) is 0. The molecule has 174 valence electrons. The van der Waals surface area contributed by atoms with Crippen molar-refractivity contribution in [2.24, 2.45) is 0 Å². The Morgan fingerprint density at radius 3 is 1.97 bits per heavy atom. The number of amides is 3. The highest BCUT2D eigenvalue weighted by Crippen LogP contribution is 2.30. The minimum absolute atomic E-state index is 0.0936. The fourth-order valence-corrected chi connectivity index (χ4v) is 4.39. The predicted molar refractivity (Wildman–Crippen MR) is 135 cm³/mol. The molecule has 0 aromatic heterocycles. The van der Waals surface area contributed by atoms with E-state index in [2.05, 4.69) is 0 Å². The molecule has 35 heavy (non-hydrogen) atoms. The van der Waals surface area contributed by atoms with Crippen molar-refractivity contribution >= 4 is 34.2 Å². The van der Waals surface area contributed by atoms with Crippen molar-refractivity contribution in [1.82, 2.24) is 4.90 Å². The number of rotatable bonds is 7. The number of nitrogens with zero attached hydrogens (tertiary/aromatic N) is 2. The third-order valence-corrected chi connectivity index (χ3v) is 6.13. The Hall–Kier alpha value is -4.45. The lowest BCUT2D eigenvalue weighted by Crippen LogP contribution is -2.45. The van der Waals surface area contributed by atoms with Crippen molar-refractivity contribution in [3.8, 4) is 11.5 Å². The fraction of sp³-hybridized carbons (Fsp3) is 0.138. The molecule has 4 aromatic carbocycles. The Bertz CT molecular complexity index is 1360. The van der Waals surface area contributed by atoms with E-state index in [1.807, 2.05) is 66.7 Å². The van der Waals surface area contributed by atoms with E-state index in [9.17, 15) is 14.4 Å². The molecule has 6 nitrogen and oxygen atoms in total. The molecular weight excluding hydrogens is 440 g/mol. The van der Waals surface area contributed by atoms with Crippen molar-refractivity contribution in [3.05, 3.63) is 102 Å². The summed E-state index contributed by atoms with van der Waals surface area (Å²) in [5.41, 5.74) is 1.69. The summed E-state index contributed by atoms with van der Waals surface area (Å²) in [5.74, 6) is 0.597. The number of anilines is 1. The molecule has 0 unspecified atom stereocenters. The van der Waals surface area contributed by atoms with Crippen LogP contribution < -0.4 is 9.64 Å². The summed E-state index contributed by atoms with van der Waals surface area (Å²) in [6.45, 7) is 2.08. The second-order valence-electron chi connectivity index (χ2n) is 8.28. The average Bonchev–Trinajstić information content (AvgIpc) is 2.90. The summed E-state index contributed by atoms with van der Waals surface area (Å²) in [4.78, 5) is 42.0. The quantitative estimate of drug-likeness (QED) is 0.331. The number of ether oxygens (including phenoxy) is 1.